The van der Waals surface area contributed by atoms with Crippen LogP contribution in [0, 0.1) is 0 Å². The van der Waals surface area contributed by atoms with E-state index in [9.17, 15) is 4.79 Å². The first-order chi connectivity index (χ1) is 7.08. The Morgan fingerprint density at radius 2 is 2.40 bits per heavy atom. The normalized spacial score (nSPS) is 27.7. The first-order valence-electron chi connectivity index (χ1n) is 5.30. The molecule has 0 aromatic heterocycles. The fourth-order valence-electron chi connectivity index (χ4n) is 1.67. The summed E-state index contributed by atoms with van der Waals surface area (Å²) in [5.74, 6) is -0.0949. The minimum absolute atomic E-state index is 0.0949. The van der Waals surface area contributed by atoms with Crippen molar-refractivity contribution in [1.82, 2.24) is 10.2 Å². The highest BCUT2D eigenvalue weighted by Gasteiger charge is 2.37. The number of rotatable bonds is 4. The molecule has 5 heteroatoms. The number of ether oxygens (including phenoxy) is 1. The summed E-state index contributed by atoms with van der Waals surface area (Å²) in [4.78, 5) is 13.9. The summed E-state index contributed by atoms with van der Waals surface area (Å²) in [6.07, 6.45) is 0.581. The molecule has 1 heterocycles. The molecule has 1 aliphatic heterocycles. The van der Waals surface area contributed by atoms with E-state index in [0.29, 0.717) is 26.1 Å². The number of aliphatic hydroxyl groups excluding tert-OH is 1. The number of morpholine rings is 1. The van der Waals surface area contributed by atoms with Gasteiger partial charge in [-0.3, -0.25) is 4.79 Å². The lowest BCUT2D eigenvalue weighted by Gasteiger charge is -2.37. The van der Waals surface area contributed by atoms with Crippen LogP contribution < -0.4 is 5.32 Å². The van der Waals surface area contributed by atoms with Crippen LogP contribution in [-0.4, -0.2) is 61.4 Å². The molecule has 1 fully saturated rings. The van der Waals surface area contributed by atoms with Crippen molar-refractivity contribution in [3.8, 4) is 0 Å². The second-order valence-corrected chi connectivity index (χ2v) is 4.15. The number of carbonyl (C=O) groups is 1. The van der Waals surface area contributed by atoms with Crippen LogP contribution >= 0.6 is 0 Å². The largest absolute Gasteiger partial charge is 0.396 e. The van der Waals surface area contributed by atoms with Crippen LogP contribution in [0.2, 0.25) is 0 Å². The third-order valence-electron chi connectivity index (χ3n) is 2.57. The number of likely N-dealkylation sites (N-methyl/N-ethyl adjacent to an activating group) is 1. The number of nitrogens with zero attached hydrogens (tertiary/aromatic N) is 1. The molecule has 0 aromatic rings. The van der Waals surface area contributed by atoms with Gasteiger partial charge in [0.25, 0.3) is 5.91 Å². The molecule has 0 unspecified atom stereocenters. The Kier molecular flexibility index (Phi) is 4.50. The van der Waals surface area contributed by atoms with E-state index in [-0.39, 0.29) is 12.5 Å². The molecular formula is C10H20N2O3. The Morgan fingerprint density at radius 3 is 3.00 bits per heavy atom. The molecule has 15 heavy (non-hydrogen) atoms. The standard InChI is InChI=1S/C10H20N2O3/c1-10(8-12(2)5-7-15-10)9(14)11-4-3-6-13/h13H,3-8H2,1-2H3,(H,11,14)/t10-/m0/s1. The van der Waals surface area contributed by atoms with Crippen molar-refractivity contribution in [1.29, 1.82) is 0 Å². The zero-order valence-electron chi connectivity index (χ0n) is 9.45. The third kappa shape index (κ3) is 3.44. The second-order valence-electron chi connectivity index (χ2n) is 4.15. The highest BCUT2D eigenvalue weighted by Crippen LogP contribution is 2.16. The van der Waals surface area contributed by atoms with Gasteiger partial charge in [-0.2, -0.15) is 0 Å². The highest BCUT2D eigenvalue weighted by atomic mass is 16.5. The molecule has 0 spiro atoms. The van der Waals surface area contributed by atoms with Crippen molar-refractivity contribution >= 4 is 5.91 Å². The topological polar surface area (TPSA) is 61.8 Å². The number of aliphatic hydroxyl groups is 1. The predicted octanol–water partition coefficient (Wildman–Crippen LogP) is -0.794. The van der Waals surface area contributed by atoms with Crippen LogP contribution in [0.15, 0.2) is 0 Å². The predicted molar refractivity (Wildman–Crippen MR) is 56.6 cm³/mol. The first kappa shape index (κ1) is 12.4. The summed E-state index contributed by atoms with van der Waals surface area (Å²) < 4.78 is 5.51. The molecular weight excluding hydrogens is 196 g/mol. The molecule has 1 rings (SSSR count). The van der Waals surface area contributed by atoms with Crippen LogP contribution in [0.3, 0.4) is 0 Å². The Morgan fingerprint density at radius 1 is 1.67 bits per heavy atom. The molecule has 1 aliphatic rings. The van der Waals surface area contributed by atoms with Gasteiger partial charge in [-0.15, -0.1) is 0 Å². The molecule has 0 bridgehead atoms. The van der Waals surface area contributed by atoms with Gasteiger partial charge in [0.15, 0.2) is 5.60 Å². The molecule has 0 saturated carbocycles. The molecule has 88 valence electrons. The zero-order chi connectivity index (χ0) is 11.3. The fourth-order valence-corrected chi connectivity index (χ4v) is 1.67. The molecule has 2 N–H and O–H groups in total. The summed E-state index contributed by atoms with van der Waals surface area (Å²) in [5.41, 5.74) is -0.748. The molecule has 1 amide bonds. The minimum Gasteiger partial charge on any atom is -0.396 e. The van der Waals surface area contributed by atoms with Gasteiger partial charge >= 0.3 is 0 Å². The van der Waals surface area contributed by atoms with Crippen molar-refractivity contribution in [2.75, 3.05) is 39.9 Å². The summed E-state index contributed by atoms with van der Waals surface area (Å²) in [5, 5.41) is 11.4. The monoisotopic (exact) mass is 216 g/mol. The second kappa shape index (κ2) is 5.44. The van der Waals surface area contributed by atoms with Gasteiger partial charge < -0.3 is 20.1 Å². The van der Waals surface area contributed by atoms with E-state index in [1.165, 1.54) is 0 Å². The van der Waals surface area contributed by atoms with Crippen molar-refractivity contribution in [2.45, 2.75) is 18.9 Å². The van der Waals surface area contributed by atoms with E-state index in [1.54, 1.807) is 6.92 Å². The maximum Gasteiger partial charge on any atom is 0.253 e. The van der Waals surface area contributed by atoms with E-state index in [2.05, 4.69) is 10.2 Å². The van der Waals surface area contributed by atoms with Gasteiger partial charge in [0.1, 0.15) is 0 Å². The van der Waals surface area contributed by atoms with E-state index >= 15 is 0 Å². The number of hydrogen-bond acceptors (Lipinski definition) is 4. The van der Waals surface area contributed by atoms with E-state index in [0.717, 1.165) is 6.54 Å². The van der Waals surface area contributed by atoms with Crippen molar-refractivity contribution < 1.29 is 14.6 Å². The van der Waals surface area contributed by atoms with Gasteiger partial charge in [0.2, 0.25) is 0 Å². The SMILES string of the molecule is CN1CCO[C@](C)(C(=O)NCCCO)C1. The van der Waals surface area contributed by atoms with Crippen molar-refractivity contribution in [2.24, 2.45) is 0 Å². The number of hydrogen-bond donors (Lipinski definition) is 2. The Hall–Kier alpha value is -0.650. The van der Waals surface area contributed by atoms with Crippen LogP contribution in [0.4, 0.5) is 0 Å². The van der Waals surface area contributed by atoms with E-state index in [4.69, 9.17) is 9.84 Å². The van der Waals surface area contributed by atoms with Gasteiger partial charge in [0.05, 0.1) is 6.61 Å². The third-order valence-corrected chi connectivity index (χ3v) is 2.57. The number of amides is 1. The minimum atomic E-state index is -0.748. The number of nitrogens with one attached hydrogen (secondary N) is 1. The fraction of sp³-hybridized carbons (Fsp3) is 0.900. The van der Waals surface area contributed by atoms with Gasteiger partial charge in [0, 0.05) is 26.2 Å². The van der Waals surface area contributed by atoms with Crippen LogP contribution in [0.5, 0.6) is 0 Å². The molecule has 0 radical (unpaired) electrons. The summed E-state index contributed by atoms with van der Waals surface area (Å²) in [7, 11) is 1.97. The average Bonchev–Trinajstić information content (AvgIpc) is 2.17. The zero-order valence-corrected chi connectivity index (χ0v) is 9.45. The lowest BCUT2D eigenvalue weighted by molar-refractivity contribution is -0.155. The van der Waals surface area contributed by atoms with E-state index < -0.39 is 5.60 Å². The lowest BCUT2D eigenvalue weighted by atomic mass is 10.0. The Bertz CT molecular complexity index is 223. The van der Waals surface area contributed by atoms with Crippen LogP contribution in [0.1, 0.15) is 13.3 Å². The van der Waals surface area contributed by atoms with Crippen LogP contribution in [0.25, 0.3) is 0 Å². The maximum atomic E-state index is 11.8. The molecule has 1 saturated heterocycles. The first-order valence-corrected chi connectivity index (χ1v) is 5.30. The summed E-state index contributed by atoms with van der Waals surface area (Å²) >= 11 is 0. The van der Waals surface area contributed by atoms with Crippen molar-refractivity contribution in [3.05, 3.63) is 0 Å². The average molecular weight is 216 g/mol. The Labute approximate surface area is 90.4 Å². The van der Waals surface area contributed by atoms with Gasteiger partial charge in [-0.25, -0.2) is 0 Å². The van der Waals surface area contributed by atoms with Crippen molar-refractivity contribution in [3.63, 3.8) is 0 Å². The highest BCUT2D eigenvalue weighted by molar-refractivity contribution is 5.85. The Balaban J connectivity index is 2.41. The number of carbonyl (C=O) groups excluding carboxylic acids is 1. The summed E-state index contributed by atoms with van der Waals surface area (Å²) in [6, 6.07) is 0. The molecule has 0 aliphatic carbocycles. The molecule has 1 atom stereocenters. The van der Waals surface area contributed by atoms with E-state index in [1.807, 2.05) is 7.05 Å². The lowest BCUT2D eigenvalue weighted by Crippen LogP contribution is -2.57. The summed E-state index contributed by atoms with van der Waals surface area (Å²) in [6.45, 7) is 4.45. The molecule has 0 aromatic carbocycles. The van der Waals surface area contributed by atoms with Gasteiger partial charge in [-0.1, -0.05) is 0 Å². The quantitative estimate of drug-likeness (QED) is 0.604. The van der Waals surface area contributed by atoms with Gasteiger partial charge in [-0.05, 0) is 20.4 Å². The molecule has 5 nitrogen and oxygen atoms in total. The maximum absolute atomic E-state index is 11.8. The smallest absolute Gasteiger partial charge is 0.253 e. The van der Waals surface area contributed by atoms with Crippen LogP contribution in [-0.2, 0) is 9.53 Å².